The fraction of sp³-hybridized carbons (Fsp3) is 0.235. The van der Waals surface area contributed by atoms with Gasteiger partial charge in [-0.3, -0.25) is 0 Å². The van der Waals surface area contributed by atoms with Gasteiger partial charge >= 0.3 is 12.4 Å². The molecule has 26 heavy (non-hydrogen) atoms. The first-order valence-electron chi connectivity index (χ1n) is 7.18. The standard InChI is InChI=1S/C17H12ClF6NO/c1-10(25-26-9-11-2-5-13(18)6-3-11)14-7-4-12(16(19,20)21)8-15(14)17(22,23)24/h2-8H,9H2,1H3. The highest BCUT2D eigenvalue weighted by molar-refractivity contribution is 6.30. The lowest BCUT2D eigenvalue weighted by Gasteiger charge is -2.15. The highest BCUT2D eigenvalue weighted by Gasteiger charge is 2.38. The van der Waals surface area contributed by atoms with Gasteiger partial charge in [0.15, 0.2) is 0 Å². The monoisotopic (exact) mass is 395 g/mol. The van der Waals surface area contributed by atoms with Crippen molar-refractivity contribution >= 4 is 17.3 Å². The molecule has 0 unspecified atom stereocenters. The van der Waals surface area contributed by atoms with Crippen molar-refractivity contribution in [3.63, 3.8) is 0 Å². The van der Waals surface area contributed by atoms with E-state index in [2.05, 4.69) is 5.16 Å². The van der Waals surface area contributed by atoms with Gasteiger partial charge in [-0.05, 0) is 36.8 Å². The van der Waals surface area contributed by atoms with Crippen LogP contribution in [-0.2, 0) is 23.8 Å². The molecule has 0 aliphatic carbocycles. The lowest BCUT2D eigenvalue weighted by Crippen LogP contribution is -2.15. The van der Waals surface area contributed by atoms with Crippen molar-refractivity contribution in [2.24, 2.45) is 5.16 Å². The number of nitrogens with zero attached hydrogens (tertiary/aromatic N) is 1. The number of oxime groups is 1. The lowest BCUT2D eigenvalue weighted by molar-refractivity contribution is -0.143. The van der Waals surface area contributed by atoms with Crippen LogP contribution >= 0.6 is 11.6 Å². The normalized spacial score (nSPS) is 13.0. The number of alkyl halides is 6. The molecule has 0 fully saturated rings. The Balaban J connectivity index is 2.26. The van der Waals surface area contributed by atoms with Crippen molar-refractivity contribution in [1.29, 1.82) is 0 Å². The third kappa shape index (κ3) is 5.14. The van der Waals surface area contributed by atoms with Crippen molar-refractivity contribution in [1.82, 2.24) is 0 Å². The first-order chi connectivity index (χ1) is 12.0. The molecule has 2 aromatic carbocycles. The first-order valence-corrected chi connectivity index (χ1v) is 7.56. The molecule has 0 saturated heterocycles. The maximum absolute atomic E-state index is 13.1. The largest absolute Gasteiger partial charge is 0.417 e. The molecule has 0 aromatic heterocycles. The van der Waals surface area contributed by atoms with Gasteiger partial charge < -0.3 is 4.84 Å². The second-order valence-electron chi connectivity index (χ2n) is 5.33. The zero-order chi connectivity index (χ0) is 19.5. The molecule has 2 rings (SSSR count). The molecular weight excluding hydrogens is 384 g/mol. The molecule has 2 aromatic rings. The lowest BCUT2D eigenvalue weighted by atomic mass is 10.00. The van der Waals surface area contributed by atoms with Crippen molar-refractivity contribution in [3.05, 3.63) is 69.7 Å². The van der Waals surface area contributed by atoms with Gasteiger partial charge in [0.05, 0.1) is 16.8 Å². The number of halogens is 7. The van der Waals surface area contributed by atoms with Crippen molar-refractivity contribution in [3.8, 4) is 0 Å². The summed E-state index contributed by atoms with van der Waals surface area (Å²) in [5.41, 5.74) is -2.82. The molecule has 0 spiro atoms. The van der Waals surface area contributed by atoms with Gasteiger partial charge in [0, 0.05) is 10.6 Å². The quantitative estimate of drug-likeness (QED) is 0.337. The average molecular weight is 396 g/mol. The van der Waals surface area contributed by atoms with Crippen molar-refractivity contribution in [2.45, 2.75) is 25.9 Å². The van der Waals surface area contributed by atoms with Crippen molar-refractivity contribution < 1.29 is 31.2 Å². The average Bonchev–Trinajstić information content (AvgIpc) is 2.54. The number of hydrogen-bond acceptors (Lipinski definition) is 2. The summed E-state index contributed by atoms with van der Waals surface area (Å²) in [4.78, 5) is 5.00. The molecule has 0 amide bonds. The van der Waals surface area contributed by atoms with Crippen LogP contribution in [0.4, 0.5) is 26.3 Å². The molecule has 0 bridgehead atoms. The minimum atomic E-state index is -4.97. The Bertz CT molecular complexity index is 796. The fourth-order valence-electron chi connectivity index (χ4n) is 2.10. The molecule has 0 heterocycles. The second-order valence-corrected chi connectivity index (χ2v) is 5.77. The van der Waals surface area contributed by atoms with Gasteiger partial charge in [0.2, 0.25) is 0 Å². The van der Waals surface area contributed by atoms with Gasteiger partial charge in [-0.1, -0.05) is 35.0 Å². The second kappa shape index (κ2) is 7.57. The van der Waals surface area contributed by atoms with E-state index in [4.69, 9.17) is 16.4 Å². The molecule has 0 saturated carbocycles. The van der Waals surface area contributed by atoms with E-state index in [1.165, 1.54) is 6.92 Å². The van der Waals surface area contributed by atoms with Crippen LogP contribution in [0.1, 0.15) is 29.2 Å². The summed E-state index contributed by atoms with van der Waals surface area (Å²) in [7, 11) is 0. The first kappa shape index (κ1) is 20.1. The van der Waals surface area contributed by atoms with Crippen LogP contribution in [0.2, 0.25) is 5.02 Å². The molecule has 2 nitrogen and oxygen atoms in total. The van der Waals surface area contributed by atoms with E-state index in [9.17, 15) is 26.3 Å². The van der Waals surface area contributed by atoms with E-state index in [1.807, 2.05) is 0 Å². The van der Waals surface area contributed by atoms with Crippen LogP contribution < -0.4 is 0 Å². The number of hydrogen-bond donors (Lipinski definition) is 0. The van der Waals surface area contributed by atoms with E-state index in [-0.39, 0.29) is 18.4 Å². The van der Waals surface area contributed by atoms with Crippen LogP contribution in [0.25, 0.3) is 0 Å². The molecular formula is C17H12ClF6NO. The van der Waals surface area contributed by atoms with Gasteiger partial charge in [-0.25, -0.2) is 0 Å². The number of rotatable bonds is 4. The van der Waals surface area contributed by atoms with Crippen LogP contribution in [0, 0.1) is 0 Å². The molecule has 0 N–H and O–H groups in total. The maximum atomic E-state index is 13.1. The van der Waals surface area contributed by atoms with Crippen LogP contribution in [0.3, 0.4) is 0 Å². The Hall–Kier alpha value is -2.22. The Kier molecular flexibility index (Phi) is 5.85. The topological polar surface area (TPSA) is 21.6 Å². The molecule has 140 valence electrons. The van der Waals surface area contributed by atoms with E-state index in [1.54, 1.807) is 24.3 Å². The highest BCUT2D eigenvalue weighted by Crippen LogP contribution is 2.37. The van der Waals surface area contributed by atoms with Gasteiger partial charge in [0.1, 0.15) is 6.61 Å². The Morgan fingerprint density at radius 1 is 0.962 bits per heavy atom. The predicted octanol–water partition coefficient (Wildman–Crippen LogP) is 6.32. The summed E-state index contributed by atoms with van der Waals surface area (Å²) < 4.78 is 77.4. The minimum Gasteiger partial charge on any atom is -0.391 e. The predicted molar refractivity (Wildman–Crippen MR) is 84.9 cm³/mol. The minimum absolute atomic E-state index is 0.0313. The molecule has 9 heteroatoms. The Morgan fingerprint density at radius 3 is 2.12 bits per heavy atom. The van der Waals surface area contributed by atoms with Crippen LogP contribution in [0.15, 0.2) is 47.6 Å². The number of benzene rings is 2. The summed E-state index contributed by atoms with van der Waals surface area (Å²) in [6, 6.07) is 7.87. The van der Waals surface area contributed by atoms with Gasteiger partial charge in [-0.15, -0.1) is 0 Å². The molecule has 0 atom stereocenters. The third-order valence-electron chi connectivity index (χ3n) is 3.39. The molecule has 0 aliphatic rings. The molecule has 0 aliphatic heterocycles. The van der Waals surface area contributed by atoms with Gasteiger partial charge in [-0.2, -0.15) is 26.3 Å². The van der Waals surface area contributed by atoms with E-state index < -0.39 is 29.0 Å². The Morgan fingerprint density at radius 2 is 1.58 bits per heavy atom. The van der Waals surface area contributed by atoms with Crippen molar-refractivity contribution in [2.75, 3.05) is 0 Å². The highest BCUT2D eigenvalue weighted by atomic mass is 35.5. The van der Waals surface area contributed by atoms with Crippen LogP contribution in [0.5, 0.6) is 0 Å². The molecule has 0 radical (unpaired) electrons. The smallest absolute Gasteiger partial charge is 0.391 e. The summed E-state index contributed by atoms with van der Waals surface area (Å²) in [5, 5.41) is 4.09. The SMILES string of the molecule is CC(=NOCc1ccc(Cl)cc1)c1ccc(C(F)(F)F)cc1C(F)(F)F. The summed E-state index contributed by atoms with van der Waals surface area (Å²) in [6.07, 6.45) is -9.85. The summed E-state index contributed by atoms with van der Waals surface area (Å²) in [6.45, 7) is 1.19. The van der Waals surface area contributed by atoms with E-state index in [0.717, 1.165) is 6.07 Å². The van der Waals surface area contributed by atoms with Crippen LogP contribution in [-0.4, -0.2) is 5.71 Å². The maximum Gasteiger partial charge on any atom is 0.417 e. The van der Waals surface area contributed by atoms with E-state index in [0.29, 0.717) is 16.7 Å². The zero-order valence-electron chi connectivity index (χ0n) is 13.2. The van der Waals surface area contributed by atoms with E-state index >= 15 is 0 Å². The van der Waals surface area contributed by atoms with Gasteiger partial charge in [0.25, 0.3) is 0 Å². The summed E-state index contributed by atoms with van der Waals surface area (Å²) in [5.74, 6) is 0. The summed E-state index contributed by atoms with van der Waals surface area (Å²) >= 11 is 5.73. The fourth-order valence-corrected chi connectivity index (χ4v) is 2.23. The Labute approximate surface area is 150 Å². The third-order valence-corrected chi connectivity index (χ3v) is 3.64. The zero-order valence-corrected chi connectivity index (χ0v) is 14.0.